The first-order valence-corrected chi connectivity index (χ1v) is 7.06. The molecule has 0 aliphatic rings. The van der Waals surface area contributed by atoms with Gasteiger partial charge in [0, 0.05) is 41.1 Å². The molecule has 0 bridgehead atoms. The second-order valence-corrected chi connectivity index (χ2v) is 5.22. The highest BCUT2D eigenvalue weighted by Gasteiger charge is 2.03. The van der Waals surface area contributed by atoms with Crippen LogP contribution in [-0.4, -0.2) is 16.5 Å². The number of hydrogen-bond donors (Lipinski definition) is 2. The van der Waals surface area contributed by atoms with Crippen molar-refractivity contribution in [2.24, 2.45) is 0 Å². The van der Waals surface area contributed by atoms with Crippen molar-refractivity contribution >= 4 is 22.5 Å². The van der Waals surface area contributed by atoms with Gasteiger partial charge in [0.2, 0.25) is 0 Å². The maximum Gasteiger partial charge on any atom is 0.0472 e. The molecule has 0 amide bonds. The molecule has 102 valence electrons. The van der Waals surface area contributed by atoms with Gasteiger partial charge in [-0.1, -0.05) is 17.7 Å². The molecule has 20 heavy (non-hydrogen) atoms. The third-order valence-electron chi connectivity index (χ3n) is 3.38. The van der Waals surface area contributed by atoms with Crippen LogP contribution in [0.5, 0.6) is 0 Å². The Morgan fingerprint density at radius 1 is 1.15 bits per heavy atom. The molecule has 1 aromatic carbocycles. The minimum Gasteiger partial charge on any atom is -0.361 e. The average molecular weight is 286 g/mol. The zero-order chi connectivity index (χ0) is 13.8. The maximum absolute atomic E-state index is 5.98. The topological polar surface area (TPSA) is 40.7 Å². The van der Waals surface area contributed by atoms with E-state index >= 15 is 0 Å². The molecule has 4 heteroatoms. The number of halogens is 1. The van der Waals surface area contributed by atoms with Gasteiger partial charge in [-0.3, -0.25) is 4.98 Å². The quantitative estimate of drug-likeness (QED) is 0.704. The SMILES string of the molecule is Clc1ccc2c(CNCCc3ccncc3)c[nH]c2c1. The van der Waals surface area contributed by atoms with Crippen molar-refractivity contribution in [1.82, 2.24) is 15.3 Å². The minimum absolute atomic E-state index is 0.761. The van der Waals surface area contributed by atoms with Crippen molar-refractivity contribution in [3.8, 4) is 0 Å². The van der Waals surface area contributed by atoms with Crippen molar-refractivity contribution in [3.63, 3.8) is 0 Å². The van der Waals surface area contributed by atoms with Gasteiger partial charge in [0.05, 0.1) is 0 Å². The Labute approximate surface area is 123 Å². The van der Waals surface area contributed by atoms with Gasteiger partial charge in [0.15, 0.2) is 0 Å². The standard InChI is InChI=1S/C16H16ClN3/c17-14-1-2-15-13(11-20-16(15)9-14)10-19-8-5-12-3-6-18-7-4-12/h1-4,6-7,9,11,19-20H,5,8,10H2. The van der Waals surface area contributed by atoms with Gasteiger partial charge in [-0.05, 0) is 48.4 Å². The molecule has 0 saturated heterocycles. The zero-order valence-corrected chi connectivity index (χ0v) is 11.8. The zero-order valence-electron chi connectivity index (χ0n) is 11.1. The molecule has 0 atom stereocenters. The second-order valence-electron chi connectivity index (χ2n) is 4.79. The first-order chi connectivity index (χ1) is 9.83. The van der Waals surface area contributed by atoms with Gasteiger partial charge in [-0.25, -0.2) is 0 Å². The van der Waals surface area contributed by atoms with Crippen LogP contribution in [0.3, 0.4) is 0 Å². The lowest BCUT2D eigenvalue weighted by Crippen LogP contribution is -2.16. The summed E-state index contributed by atoms with van der Waals surface area (Å²) in [5.41, 5.74) is 3.66. The second kappa shape index (κ2) is 6.07. The van der Waals surface area contributed by atoms with Crippen LogP contribution in [0.4, 0.5) is 0 Å². The number of fused-ring (bicyclic) bond motifs is 1. The van der Waals surface area contributed by atoms with Crippen LogP contribution >= 0.6 is 11.6 Å². The Bertz CT molecular complexity index is 691. The molecule has 0 aliphatic carbocycles. The molecule has 0 spiro atoms. The molecule has 2 N–H and O–H groups in total. The largest absolute Gasteiger partial charge is 0.361 e. The van der Waals surface area contributed by atoms with Crippen molar-refractivity contribution in [3.05, 3.63) is 65.1 Å². The van der Waals surface area contributed by atoms with E-state index in [0.29, 0.717) is 0 Å². The minimum atomic E-state index is 0.761. The van der Waals surface area contributed by atoms with Gasteiger partial charge in [0.25, 0.3) is 0 Å². The van der Waals surface area contributed by atoms with E-state index in [1.807, 2.05) is 30.7 Å². The molecule has 3 nitrogen and oxygen atoms in total. The highest BCUT2D eigenvalue weighted by atomic mass is 35.5. The average Bonchev–Trinajstić information content (AvgIpc) is 2.87. The maximum atomic E-state index is 5.98. The molecular formula is C16H16ClN3. The van der Waals surface area contributed by atoms with Crippen LogP contribution in [0.15, 0.2) is 48.9 Å². The van der Waals surface area contributed by atoms with Gasteiger partial charge in [-0.2, -0.15) is 0 Å². The third kappa shape index (κ3) is 3.00. The lowest BCUT2D eigenvalue weighted by atomic mass is 10.1. The van der Waals surface area contributed by atoms with E-state index in [1.165, 1.54) is 16.5 Å². The van der Waals surface area contributed by atoms with E-state index in [4.69, 9.17) is 11.6 Å². The first-order valence-electron chi connectivity index (χ1n) is 6.68. The van der Waals surface area contributed by atoms with Gasteiger partial charge < -0.3 is 10.3 Å². The highest BCUT2D eigenvalue weighted by molar-refractivity contribution is 6.31. The highest BCUT2D eigenvalue weighted by Crippen LogP contribution is 2.21. The number of nitrogens with one attached hydrogen (secondary N) is 2. The van der Waals surface area contributed by atoms with Crippen LogP contribution in [0.2, 0.25) is 5.02 Å². The number of hydrogen-bond acceptors (Lipinski definition) is 2. The summed E-state index contributed by atoms with van der Waals surface area (Å²) in [4.78, 5) is 7.28. The Morgan fingerprint density at radius 2 is 2.00 bits per heavy atom. The van der Waals surface area contributed by atoms with Gasteiger partial charge in [0.1, 0.15) is 0 Å². The number of nitrogens with zero attached hydrogens (tertiary/aromatic N) is 1. The fourth-order valence-corrected chi connectivity index (χ4v) is 2.48. The number of aromatic amines is 1. The molecular weight excluding hydrogens is 270 g/mol. The summed E-state index contributed by atoms with van der Waals surface area (Å²) in [6, 6.07) is 10.0. The predicted octanol–water partition coefficient (Wildman–Crippen LogP) is 3.55. The Balaban J connectivity index is 1.58. The molecule has 3 aromatic rings. The Hall–Kier alpha value is -1.84. The van der Waals surface area contributed by atoms with E-state index in [1.54, 1.807) is 0 Å². The smallest absolute Gasteiger partial charge is 0.0472 e. The lowest BCUT2D eigenvalue weighted by molar-refractivity contribution is 0.689. The summed E-state index contributed by atoms with van der Waals surface area (Å²) in [5, 5.41) is 5.46. The molecule has 3 rings (SSSR count). The number of pyridine rings is 1. The third-order valence-corrected chi connectivity index (χ3v) is 3.62. The summed E-state index contributed by atoms with van der Waals surface area (Å²) in [6.45, 7) is 1.80. The van der Waals surface area contributed by atoms with E-state index in [9.17, 15) is 0 Å². The molecule has 0 radical (unpaired) electrons. The van der Waals surface area contributed by atoms with E-state index in [2.05, 4.69) is 33.5 Å². The lowest BCUT2D eigenvalue weighted by Gasteiger charge is -2.04. The normalized spacial score (nSPS) is 11.1. The predicted molar refractivity (Wildman–Crippen MR) is 83.0 cm³/mol. The molecule has 0 aliphatic heterocycles. The summed E-state index contributed by atoms with van der Waals surface area (Å²) in [6.07, 6.45) is 6.72. The van der Waals surface area contributed by atoms with Crippen molar-refractivity contribution in [1.29, 1.82) is 0 Å². The fourth-order valence-electron chi connectivity index (χ4n) is 2.31. The number of aromatic nitrogens is 2. The van der Waals surface area contributed by atoms with E-state index < -0.39 is 0 Å². The Morgan fingerprint density at radius 3 is 2.85 bits per heavy atom. The number of rotatable bonds is 5. The first kappa shape index (κ1) is 13.2. The summed E-state index contributed by atoms with van der Waals surface area (Å²) < 4.78 is 0. The summed E-state index contributed by atoms with van der Waals surface area (Å²) in [7, 11) is 0. The van der Waals surface area contributed by atoms with Crippen LogP contribution in [0.25, 0.3) is 10.9 Å². The monoisotopic (exact) mass is 285 g/mol. The van der Waals surface area contributed by atoms with Crippen LogP contribution in [-0.2, 0) is 13.0 Å². The van der Waals surface area contributed by atoms with Crippen LogP contribution < -0.4 is 5.32 Å². The van der Waals surface area contributed by atoms with E-state index in [0.717, 1.165) is 30.0 Å². The van der Waals surface area contributed by atoms with Gasteiger partial charge in [-0.15, -0.1) is 0 Å². The molecule has 0 saturated carbocycles. The molecule has 0 fully saturated rings. The van der Waals surface area contributed by atoms with Crippen molar-refractivity contribution in [2.45, 2.75) is 13.0 Å². The van der Waals surface area contributed by atoms with Crippen LogP contribution in [0, 0.1) is 0 Å². The Kier molecular flexibility index (Phi) is 4.00. The van der Waals surface area contributed by atoms with Gasteiger partial charge >= 0.3 is 0 Å². The summed E-state index contributed by atoms with van der Waals surface area (Å²) >= 11 is 5.98. The number of H-pyrrole nitrogens is 1. The molecule has 0 unspecified atom stereocenters. The van der Waals surface area contributed by atoms with Crippen LogP contribution in [0.1, 0.15) is 11.1 Å². The van der Waals surface area contributed by atoms with E-state index in [-0.39, 0.29) is 0 Å². The summed E-state index contributed by atoms with van der Waals surface area (Å²) in [5.74, 6) is 0. The molecule has 2 heterocycles. The molecule has 2 aromatic heterocycles. The fraction of sp³-hybridized carbons (Fsp3) is 0.188. The number of benzene rings is 1. The van der Waals surface area contributed by atoms with Crippen molar-refractivity contribution < 1.29 is 0 Å². The van der Waals surface area contributed by atoms with Crippen molar-refractivity contribution in [2.75, 3.05) is 6.54 Å².